The van der Waals surface area contributed by atoms with E-state index in [-0.39, 0.29) is 31.6 Å². The van der Waals surface area contributed by atoms with Crippen LogP contribution in [0.5, 0.6) is 0 Å². The average molecular weight is 1070 g/mol. The van der Waals surface area contributed by atoms with Crippen molar-refractivity contribution in [1.29, 1.82) is 0 Å². The number of hydrogen-bond acceptors (Lipinski definition) is 7. The standard InChI is InChI=1S/C64H128NO8P/c1-8-12-16-20-24-28-32-36-40-44-48-60(49-45-41-37-33-29-25-21-17-13-9-2)52-54-63(66)70-58-62(59-72-74(68,69)71-57-56-65(5,6)7)73-64(67)55-53-61(50-46-42-38-34-30-26-22-18-14-10-3)51-47-43-39-35-31-27-23-19-15-11-4/h60-62H,8-59H2,1-7H3/p+1/t62-/m1/s1. The molecule has 442 valence electrons. The molecule has 0 heterocycles. The van der Waals surface area contributed by atoms with Crippen molar-refractivity contribution in [3.8, 4) is 0 Å². The third-order valence-electron chi connectivity index (χ3n) is 15.5. The van der Waals surface area contributed by atoms with Crippen molar-refractivity contribution in [2.75, 3.05) is 47.5 Å². The molecule has 0 bridgehead atoms. The molecule has 0 aromatic carbocycles. The lowest BCUT2D eigenvalue weighted by Crippen LogP contribution is -2.37. The number of phosphoric acid groups is 1. The molecule has 0 amide bonds. The predicted octanol–water partition coefficient (Wildman–Crippen LogP) is 20.3. The number of likely N-dealkylation sites (N-methyl/N-ethyl adjacent to an activating group) is 1. The van der Waals surface area contributed by atoms with Crippen LogP contribution in [0.1, 0.15) is 336 Å². The monoisotopic (exact) mass is 1070 g/mol. The molecule has 0 aromatic rings. The number of esters is 2. The Morgan fingerprint density at radius 2 is 0.676 bits per heavy atom. The van der Waals surface area contributed by atoms with Crippen LogP contribution in [-0.4, -0.2) is 74.9 Å². The first-order chi connectivity index (χ1) is 35.9. The Hall–Kier alpha value is -0.990. The van der Waals surface area contributed by atoms with Gasteiger partial charge in [0, 0.05) is 12.8 Å². The Labute approximate surface area is 461 Å². The van der Waals surface area contributed by atoms with Gasteiger partial charge in [-0.25, -0.2) is 4.57 Å². The lowest BCUT2D eigenvalue weighted by Gasteiger charge is -2.24. The molecular formula is C64H129NO8P+. The van der Waals surface area contributed by atoms with E-state index in [9.17, 15) is 19.0 Å². The Morgan fingerprint density at radius 3 is 0.973 bits per heavy atom. The summed E-state index contributed by atoms with van der Waals surface area (Å²) < 4.78 is 36.0. The van der Waals surface area contributed by atoms with Crippen LogP contribution in [0.4, 0.5) is 0 Å². The molecule has 0 fully saturated rings. The minimum absolute atomic E-state index is 0.0373. The summed E-state index contributed by atoms with van der Waals surface area (Å²) in [7, 11) is 1.51. The fraction of sp³-hybridized carbons (Fsp3) is 0.969. The van der Waals surface area contributed by atoms with Gasteiger partial charge >= 0.3 is 19.8 Å². The molecule has 0 radical (unpaired) electrons. The maximum absolute atomic E-state index is 13.6. The van der Waals surface area contributed by atoms with Crippen LogP contribution in [0.25, 0.3) is 0 Å². The van der Waals surface area contributed by atoms with E-state index in [1.54, 1.807) is 0 Å². The highest BCUT2D eigenvalue weighted by Crippen LogP contribution is 2.43. The fourth-order valence-corrected chi connectivity index (χ4v) is 11.2. The molecule has 74 heavy (non-hydrogen) atoms. The van der Waals surface area contributed by atoms with Crippen LogP contribution >= 0.6 is 7.82 Å². The number of carbonyl (C=O) groups excluding carboxylic acids is 2. The third-order valence-corrected chi connectivity index (χ3v) is 16.5. The summed E-state index contributed by atoms with van der Waals surface area (Å²) in [5.41, 5.74) is 0. The van der Waals surface area contributed by atoms with Gasteiger partial charge < -0.3 is 18.9 Å². The molecule has 0 saturated carbocycles. The largest absolute Gasteiger partial charge is 0.472 e. The molecule has 0 aliphatic heterocycles. The first-order valence-corrected chi connectivity index (χ1v) is 34.1. The second kappa shape index (κ2) is 54.0. The molecule has 2 atom stereocenters. The topological polar surface area (TPSA) is 108 Å². The maximum atomic E-state index is 13.6. The van der Waals surface area contributed by atoms with Gasteiger partial charge in [0.25, 0.3) is 0 Å². The van der Waals surface area contributed by atoms with E-state index in [0.717, 1.165) is 38.5 Å². The number of hydrogen-bond donors (Lipinski definition) is 1. The van der Waals surface area contributed by atoms with Gasteiger partial charge in [0.15, 0.2) is 6.10 Å². The minimum Gasteiger partial charge on any atom is -0.462 e. The highest BCUT2D eigenvalue weighted by atomic mass is 31.2. The summed E-state index contributed by atoms with van der Waals surface area (Å²) in [4.78, 5) is 37.6. The van der Waals surface area contributed by atoms with E-state index in [4.69, 9.17) is 18.5 Å². The van der Waals surface area contributed by atoms with Crippen molar-refractivity contribution >= 4 is 19.8 Å². The van der Waals surface area contributed by atoms with Gasteiger partial charge in [-0.15, -0.1) is 0 Å². The summed E-state index contributed by atoms with van der Waals surface area (Å²) in [5, 5.41) is 0. The van der Waals surface area contributed by atoms with E-state index >= 15 is 0 Å². The van der Waals surface area contributed by atoms with E-state index in [1.807, 2.05) is 21.1 Å². The number of phosphoric ester groups is 1. The average Bonchev–Trinajstić information content (AvgIpc) is 3.36. The van der Waals surface area contributed by atoms with Crippen LogP contribution < -0.4 is 0 Å². The Balaban J connectivity index is 5.52. The Kier molecular flexibility index (Phi) is 53.3. The highest BCUT2D eigenvalue weighted by Gasteiger charge is 2.27. The molecule has 10 heteroatoms. The number of nitrogens with zero attached hydrogens (tertiary/aromatic N) is 1. The van der Waals surface area contributed by atoms with Gasteiger partial charge in [-0.2, -0.15) is 0 Å². The number of ether oxygens (including phenoxy) is 2. The van der Waals surface area contributed by atoms with Crippen molar-refractivity contribution < 1.29 is 42.1 Å². The summed E-state index contributed by atoms with van der Waals surface area (Å²) >= 11 is 0. The van der Waals surface area contributed by atoms with Crippen molar-refractivity contribution in [1.82, 2.24) is 0 Å². The summed E-state index contributed by atoms with van der Waals surface area (Å²) in [5.74, 6) is 0.249. The Bertz CT molecular complexity index is 1200. The lowest BCUT2D eigenvalue weighted by atomic mass is 9.90. The molecule has 0 aromatic heterocycles. The molecule has 1 unspecified atom stereocenters. The van der Waals surface area contributed by atoms with Gasteiger partial charge in [0.2, 0.25) is 0 Å². The lowest BCUT2D eigenvalue weighted by molar-refractivity contribution is -0.870. The van der Waals surface area contributed by atoms with Crippen molar-refractivity contribution in [2.45, 2.75) is 342 Å². The second-order valence-electron chi connectivity index (χ2n) is 24.1. The van der Waals surface area contributed by atoms with Crippen LogP contribution in [-0.2, 0) is 32.7 Å². The number of unbranched alkanes of at least 4 members (excludes halogenated alkanes) is 36. The van der Waals surface area contributed by atoms with Crippen LogP contribution in [0.3, 0.4) is 0 Å². The maximum Gasteiger partial charge on any atom is 0.472 e. The van der Waals surface area contributed by atoms with Gasteiger partial charge in [-0.05, 0) is 24.7 Å². The van der Waals surface area contributed by atoms with Gasteiger partial charge in [0.05, 0.1) is 27.7 Å². The Morgan fingerprint density at radius 1 is 0.392 bits per heavy atom. The molecular weight excluding hydrogens is 942 g/mol. The van der Waals surface area contributed by atoms with E-state index in [1.165, 1.54) is 257 Å². The van der Waals surface area contributed by atoms with Crippen LogP contribution in [0, 0.1) is 11.8 Å². The second-order valence-corrected chi connectivity index (χ2v) is 25.6. The molecule has 0 aliphatic rings. The van der Waals surface area contributed by atoms with Crippen molar-refractivity contribution in [2.24, 2.45) is 11.8 Å². The van der Waals surface area contributed by atoms with Crippen LogP contribution in [0.15, 0.2) is 0 Å². The SMILES string of the molecule is CCCCCCCCCCCCC(CCCCCCCCCCCC)CCC(=O)OC[C@H](COP(=O)(O)OCC[N+](C)(C)C)OC(=O)CCC(CCCCCCCCCCCC)CCCCCCCCCCCC. The predicted molar refractivity (Wildman–Crippen MR) is 317 cm³/mol. The molecule has 1 N–H and O–H groups in total. The van der Waals surface area contributed by atoms with Gasteiger partial charge in [-0.3, -0.25) is 18.6 Å². The smallest absolute Gasteiger partial charge is 0.462 e. The summed E-state index contributed by atoms with van der Waals surface area (Å²) in [6.45, 7) is 9.04. The third kappa shape index (κ3) is 54.4. The zero-order chi connectivity index (χ0) is 54.5. The zero-order valence-corrected chi connectivity index (χ0v) is 51.6. The van der Waals surface area contributed by atoms with E-state index < -0.39 is 20.5 Å². The first-order valence-electron chi connectivity index (χ1n) is 32.6. The van der Waals surface area contributed by atoms with Gasteiger partial charge in [0.1, 0.15) is 19.8 Å². The first kappa shape index (κ1) is 73.0. The minimum atomic E-state index is -4.43. The number of quaternary nitrogens is 1. The van der Waals surface area contributed by atoms with Gasteiger partial charge in [-0.1, -0.05) is 310 Å². The molecule has 0 spiro atoms. The fourth-order valence-electron chi connectivity index (χ4n) is 10.5. The normalized spacial score (nSPS) is 13.3. The van der Waals surface area contributed by atoms with Crippen LogP contribution in [0.2, 0.25) is 0 Å². The number of rotatable bonds is 60. The summed E-state index contributed by atoms with van der Waals surface area (Å²) in [6.07, 6.45) is 58.3. The number of carbonyl (C=O) groups is 2. The molecule has 0 saturated heterocycles. The molecule has 9 nitrogen and oxygen atoms in total. The highest BCUT2D eigenvalue weighted by molar-refractivity contribution is 7.47. The van der Waals surface area contributed by atoms with Crippen molar-refractivity contribution in [3.05, 3.63) is 0 Å². The van der Waals surface area contributed by atoms with E-state index in [2.05, 4.69) is 27.7 Å². The quantitative estimate of drug-likeness (QED) is 0.0278. The molecule has 0 rings (SSSR count). The summed E-state index contributed by atoms with van der Waals surface area (Å²) in [6, 6.07) is 0. The molecule has 0 aliphatic carbocycles. The zero-order valence-electron chi connectivity index (χ0n) is 50.7. The van der Waals surface area contributed by atoms with Crippen molar-refractivity contribution in [3.63, 3.8) is 0 Å². The van der Waals surface area contributed by atoms with E-state index in [0.29, 0.717) is 29.3 Å².